The van der Waals surface area contributed by atoms with E-state index in [1.165, 1.54) is 11.8 Å². The van der Waals surface area contributed by atoms with Crippen LogP contribution in [0.2, 0.25) is 0 Å². The van der Waals surface area contributed by atoms with Crippen LogP contribution in [0.3, 0.4) is 0 Å². The van der Waals surface area contributed by atoms with Gasteiger partial charge in [-0.25, -0.2) is 4.79 Å². The molecule has 1 aromatic rings. The molecule has 0 bridgehead atoms. The Labute approximate surface area is 120 Å². The Morgan fingerprint density at radius 1 is 1.20 bits per heavy atom. The van der Waals surface area contributed by atoms with E-state index in [0.29, 0.717) is 6.54 Å². The summed E-state index contributed by atoms with van der Waals surface area (Å²) in [7, 11) is 0. The van der Waals surface area contributed by atoms with Crippen LogP contribution in [0.5, 0.6) is 0 Å². The molecule has 1 aliphatic rings. The van der Waals surface area contributed by atoms with E-state index >= 15 is 0 Å². The van der Waals surface area contributed by atoms with Gasteiger partial charge in [-0.1, -0.05) is 44.2 Å². The van der Waals surface area contributed by atoms with Gasteiger partial charge in [-0.15, -0.1) is 0 Å². The van der Waals surface area contributed by atoms with Crippen LogP contribution in [0.25, 0.3) is 0 Å². The summed E-state index contributed by atoms with van der Waals surface area (Å²) in [5.74, 6) is 0.0901. The van der Waals surface area contributed by atoms with E-state index in [0.717, 1.165) is 5.56 Å². The lowest BCUT2D eigenvalue weighted by molar-refractivity contribution is -0.127. The first-order valence-electron chi connectivity index (χ1n) is 7.08. The Morgan fingerprint density at radius 3 is 2.25 bits per heavy atom. The van der Waals surface area contributed by atoms with Gasteiger partial charge in [0.15, 0.2) is 0 Å². The minimum Gasteiger partial charge on any atom is -0.315 e. The molecule has 2 rings (SSSR count). The van der Waals surface area contributed by atoms with Gasteiger partial charge in [0, 0.05) is 13.5 Å². The molecule has 108 valence electrons. The third kappa shape index (κ3) is 2.55. The quantitative estimate of drug-likeness (QED) is 0.850. The fourth-order valence-corrected chi connectivity index (χ4v) is 2.75. The Hall–Kier alpha value is -1.84. The Morgan fingerprint density at radius 2 is 1.80 bits per heavy atom. The van der Waals surface area contributed by atoms with Crippen LogP contribution >= 0.6 is 0 Å². The normalized spacial score (nSPS) is 20.6. The van der Waals surface area contributed by atoms with E-state index < -0.39 is 0 Å². The molecule has 3 amide bonds. The van der Waals surface area contributed by atoms with Crippen LogP contribution < -0.4 is 0 Å². The molecular weight excluding hydrogens is 252 g/mol. The SMILES string of the molecule is CC(=O)N1C(=O)N([C@H](C)c2ccccc2)C[C@@H]1C(C)C. The molecule has 1 saturated heterocycles. The molecule has 0 spiro atoms. The molecular formula is C16H22N2O2. The highest BCUT2D eigenvalue weighted by atomic mass is 16.2. The smallest absolute Gasteiger partial charge is 0.315 e. The van der Waals surface area contributed by atoms with Crippen molar-refractivity contribution >= 4 is 11.9 Å². The second-order valence-electron chi connectivity index (χ2n) is 5.72. The average Bonchev–Trinajstić information content (AvgIpc) is 2.77. The molecule has 4 heteroatoms. The summed E-state index contributed by atoms with van der Waals surface area (Å²) in [4.78, 5) is 27.5. The highest BCUT2D eigenvalue weighted by Crippen LogP contribution is 2.30. The number of hydrogen-bond donors (Lipinski definition) is 0. The van der Waals surface area contributed by atoms with E-state index in [-0.39, 0.29) is 29.9 Å². The lowest BCUT2D eigenvalue weighted by atomic mass is 10.0. The molecule has 0 aliphatic carbocycles. The van der Waals surface area contributed by atoms with Gasteiger partial charge >= 0.3 is 6.03 Å². The minimum atomic E-state index is -0.174. The van der Waals surface area contributed by atoms with Crippen molar-refractivity contribution in [1.29, 1.82) is 0 Å². The van der Waals surface area contributed by atoms with E-state index in [9.17, 15) is 9.59 Å². The predicted octanol–water partition coefficient (Wildman–Crippen LogP) is 3.06. The lowest BCUT2D eigenvalue weighted by Crippen LogP contribution is -2.41. The second kappa shape index (κ2) is 5.65. The summed E-state index contributed by atoms with van der Waals surface area (Å²) in [6.07, 6.45) is 0. The molecule has 0 aromatic heterocycles. The Balaban J connectivity index is 2.26. The van der Waals surface area contributed by atoms with Crippen molar-refractivity contribution in [2.75, 3.05) is 6.54 Å². The number of carbonyl (C=O) groups excluding carboxylic acids is 2. The van der Waals surface area contributed by atoms with Crippen LogP contribution in [-0.4, -0.2) is 34.3 Å². The zero-order valence-corrected chi connectivity index (χ0v) is 12.5. The van der Waals surface area contributed by atoms with Gasteiger partial charge in [0.1, 0.15) is 0 Å². The molecule has 1 aromatic carbocycles. The second-order valence-corrected chi connectivity index (χ2v) is 5.72. The monoisotopic (exact) mass is 274 g/mol. The average molecular weight is 274 g/mol. The first kappa shape index (κ1) is 14.6. The Bertz CT molecular complexity index is 498. The summed E-state index contributed by atoms with van der Waals surface area (Å²) >= 11 is 0. The van der Waals surface area contributed by atoms with Crippen molar-refractivity contribution in [3.05, 3.63) is 35.9 Å². The van der Waals surface area contributed by atoms with Gasteiger partial charge in [-0.2, -0.15) is 0 Å². The molecule has 2 atom stereocenters. The number of rotatable bonds is 3. The van der Waals surface area contributed by atoms with Crippen LogP contribution in [0.1, 0.15) is 39.3 Å². The van der Waals surface area contributed by atoms with Gasteiger partial charge in [0.05, 0.1) is 12.1 Å². The van der Waals surface area contributed by atoms with Gasteiger partial charge < -0.3 is 4.90 Å². The maximum atomic E-state index is 12.5. The highest BCUT2D eigenvalue weighted by molar-refractivity contribution is 5.95. The molecule has 1 aliphatic heterocycles. The largest absolute Gasteiger partial charge is 0.327 e. The van der Waals surface area contributed by atoms with E-state index in [2.05, 4.69) is 0 Å². The van der Waals surface area contributed by atoms with Crippen molar-refractivity contribution in [3.8, 4) is 0 Å². The number of hydrogen-bond acceptors (Lipinski definition) is 2. The molecule has 1 heterocycles. The van der Waals surface area contributed by atoms with Crippen LogP contribution in [0, 0.1) is 5.92 Å². The summed E-state index contributed by atoms with van der Waals surface area (Å²) in [6.45, 7) is 8.17. The van der Waals surface area contributed by atoms with Crippen molar-refractivity contribution < 1.29 is 9.59 Å². The Kier molecular flexibility index (Phi) is 4.12. The van der Waals surface area contributed by atoms with Gasteiger partial charge in [-0.3, -0.25) is 9.69 Å². The number of nitrogens with zero attached hydrogens (tertiary/aromatic N) is 2. The number of urea groups is 1. The van der Waals surface area contributed by atoms with Gasteiger partial charge in [-0.05, 0) is 18.4 Å². The van der Waals surface area contributed by atoms with Crippen molar-refractivity contribution in [1.82, 2.24) is 9.80 Å². The third-order valence-electron chi connectivity index (χ3n) is 4.03. The topological polar surface area (TPSA) is 40.6 Å². The fraction of sp³-hybridized carbons (Fsp3) is 0.500. The molecule has 0 radical (unpaired) electrons. The van der Waals surface area contributed by atoms with E-state index in [1.54, 1.807) is 4.90 Å². The van der Waals surface area contributed by atoms with Crippen molar-refractivity contribution in [2.45, 2.75) is 39.8 Å². The fourth-order valence-electron chi connectivity index (χ4n) is 2.75. The van der Waals surface area contributed by atoms with Crippen molar-refractivity contribution in [3.63, 3.8) is 0 Å². The summed E-state index contributed by atoms with van der Waals surface area (Å²) in [5, 5.41) is 0. The molecule has 20 heavy (non-hydrogen) atoms. The molecule has 1 fully saturated rings. The molecule has 0 saturated carbocycles. The van der Waals surface area contributed by atoms with Crippen molar-refractivity contribution in [2.24, 2.45) is 5.92 Å². The van der Waals surface area contributed by atoms with Gasteiger partial charge in [0.2, 0.25) is 5.91 Å². The van der Waals surface area contributed by atoms with E-state index in [1.807, 2.05) is 51.1 Å². The van der Waals surface area contributed by atoms with Crippen LogP contribution in [0.4, 0.5) is 4.79 Å². The maximum Gasteiger partial charge on any atom is 0.327 e. The summed E-state index contributed by atoms with van der Waals surface area (Å²) in [6, 6.07) is 9.69. The minimum absolute atomic E-state index is 0.0192. The lowest BCUT2D eigenvalue weighted by Gasteiger charge is -2.24. The third-order valence-corrected chi connectivity index (χ3v) is 4.03. The maximum absolute atomic E-state index is 12.5. The predicted molar refractivity (Wildman–Crippen MR) is 78.1 cm³/mol. The first-order valence-corrected chi connectivity index (χ1v) is 7.08. The zero-order chi connectivity index (χ0) is 14.9. The first-order chi connectivity index (χ1) is 9.43. The highest BCUT2D eigenvalue weighted by Gasteiger charge is 2.43. The van der Waals surface area contributed by atoms with Gasteiger partial charge in [0.25, 0.3) is 0 Å². The number of carbonyl (C=O) groups is 2. The molecule has 0 N–H and O–H groups in total. The molecule has 0 unspecified atom stereocenters. The van der Waals surface area contributed by atoms with E-state index in [4.69, 9.17) is 0 Å². The number of amides is 3. The zero-order valence-electron chi connectivity index (χ0n) is 12.5. The number of imide groups is 1. The molecule has 4 nitrogen and oxygen atoms in total. The van der Waals surface area contributed by atoms with Crippen LogP contribution in [0.15, 0.2) is 30.3 Å². The standard InChI is InChI=1S/C16H22N2O2/c1-11(2)15-10-17(16(20)18(15)13(4)19)12(3)14-8-6-5-7-9-14/h5-9,11-12,15H,10H2,1-4H3/t12-,15-/m1/s1. The number of benzene rings is 1. The van der Waals surface area contributed by atoms with Crippen LogP contribution in [-0.2, 0) is 4.79 Å². The summed E-state index contributed by atoms with van der Waals surface area (Å²) in [5.41, 5.74) is 1.09. The summed E-state index contributed by atoms with van der Waals surface area (Å²) < 4.78 is 0.